The highest BCUT2D eigenvalue weighted by Gasteiger charge is 2.21. The van der Waals surface area contributed by atoms with Crippen LogP contribution in [0, 0.1) is 0 Å². The Morgan fingerprint density at radius 2 is 0.686 bits per heavy atom. The Kier molecular flexibility index (Phi) is 6.02. The third-order valence-corrected chi connectivity index (χ3v) is 10.9. The average molecular weight is 647 g/mol. The highest BCUT2D eigenvalue weighted by atomic mass is 16.3. The standard InChI is InChI=1S/C50H30O/c1-3-16-33-31(13-1)15-11-24-38(33)47-39-20-7-9-22-41(39)48(42-23-10-8-21-40(42)47)43-29-28-37(35-18-5-6-19-36(35)43)44-25-12-26-45-49-34-17-4-2-14-32(34)27-30-46(49)51-50(44)45/h1-30H. The largest absolute Gasteiger partial charge is 0.455 e. The molecule has 1 heteroatoms. The molecule has 0 spiro atoms. The van der Waals surface area contributed by atoms with Crippen LogP contribution in [0.4, 0.5) is 0 Å². The number of hydrogen-bond donors (Lipinski definition) is 0. The molecule has 11 rings (SSSR count). The van der Waals surface area contributed by atoms with E-state index >= 15 is 0 Å². The van der Waals surface area contributed by atoms with Crippen molar-refractivity contribution < 1.29 is 4.42 Å². The summed E-state index contributed by atoms with van der Waals surface area (Å²) in [5, 5.41) is 14.7. The molecule has 11 aromatic rings. The number of benzene rings is 10. The molecule has 0 N–H and O–H groups in total. The molecule has 0 saturated heterocycles. The Morgan fingerprint density at radius 3 is 1.35 bits per heavy atom. The fraction of sp³-hybridized carbons (Fsp3) is 0. The molecule has 0 bridgehead atoms. The summed E-state index contributed by atoms with van der Waals surface area (Å²) in [5.74, 6) is 0. The lowest BCUT2D eigenvalue weighted by Crippen LogP contribution is -1.93. The molecule has 1 heterocycles. The van der Waals surface area contributed by atoms with E-state index in [-0.39, 0.29) is 0 Å². The van der Waals surface area contributed by atoms with E-state index in [1.165, 1.54) is 87.1 Å². The van der Waals surface area contributed by atoms with Gasteiger partial charge in [-0.2, -0.15) is 0 Å². The predicted octanol–water partition coefficient (Wildman–Crippen LogP) is 14.4. The second-order valence-corrected chi connectivity index (χ2v) is 13.5. The zero-order chi connectivity index (χ0) is 33.5. The highest BCUT2D eigenvalue weighted by molar-refractivity contribution is 6.26. The van der Waals surface area contributed by atoms with Crippen molar-refractivity contribution in [2.24, 2.45) is 0 Å². The molecule has 0 amide bonds. The summed E-state index contributed by atoms with van der Waals surface area (Å²) >= 11 is 0. The zero-order valence-electron chi connectivity index (χ0n) is 27.7. The van der Waals surface area contributed by atoms with Crippen LogP contribution in [-0.4, -0.2) is 0 Å². The summed E-state index contributed by atoms with van der Waals surface area (Å²) in [7, 11) is 0. The minimum Gasteiger partial charge on any atom is -0.455 e. The van der Waals surface area contributed by atoms with E-state index in [1.807, 2.05) is 0 Å². The fourth-order valence-electron chi connectivity index (χ4n) is 8.68. The Bertz CT molecular complexity index is 3130. The molecule has 0 fully saturated rings. The molecule has 0 aliphatic heterocycles. The highest BCUT2D eigenvalue weighted by Crippen LogP contribution is 2.48. The first-order chi connectivity index (χ1) is 25.3. The van der Waals surface area contributed by atoms with Crippen molar-refractivity contribution in [3.63, 3.8) is 0 Å². The van der Waals surface area contributed by atoms with Crippen LogP contribution in [0.15, 0.2) is 186 Å². The summed E-state index contributed by atoms with van der Waals surface area (Å²) in [5.41, 5.74) is 9.17. The van der Waals surface area contributed by atoms with E-state index < -0.39 is 0 Å². The molecular weight excluding hydrogens is 617 g/mol. The third kappa shape index (κ3) is 4.09. The molecule has 0 aliphatic rings. The van der Waals surface area contributed by atoms with Crippen LogP contribution in [0.1, 0.15) is 0 Å². The maximum atomic E-state index is 6.71. The van der Waals surface area contributed by atoms with Crippen LogP contribution in [0.25, 0.3) is 109 Å². The SMILES string of the molecule is c1ccc2c(-c3c4ccccc4c(-c4ccc(-c5cccc6c5oc5ccc7ccccc7c56)c5ccccc45)c4ccccc34)cccc2c1. The molecule has 1 aromatic heterocycles. The van der Waals surface area contributed by atoms with Crippen molar-refractivity contribution >= 4 is 75.8 Å². The van der Waals surface area contributed by atoms with Gasteiger partial charge < -0.3 is 4.42 Å². The van der Waals surface area contributed by atoms with E-state index in [1.54, 1.807) is 0 Å². The predicted molar refractivity (Wildman–Crippen MR) is 218 cm³/mol. The van der Waals surface area contributed by atoms with Crippen molar-refractivity contribution in [1.29, 1.82) is 0 Å². The van der Waals surface area contributed by atoms with Gasteiger partial charge in [-0.05, 0) is 87.7 Å². The number of fused-ring (bicyclic) bond motifs is 9. The summed E-state index contributed by atoms with van der Waals surface area (Å²) in [4.78, 5) is 0. The van der Waals surface area contributed by atoms with Gasteiger partial charge in [-0.1, -0.05) is 176 Å². The Labute approximate surface area is 294 Å². The Morgan fingerprint density at radius 1 is 0.255 bits per heavy atom. The lowest BCUT2D eigenvalue weighted by molar-refractivity contribution is 0.670. The lowest BCUT2D eigenvalue weighted by atomic mass is 9.83. The van der Waals surface area contributed by atoms with Crippen LogP contribution in [0.2, 0.25) is 0 Å². The second kappa shape index (κ2) is 10.9. The van der Waals surface area contributed by atoms with Crippen LogP contribution in [0.3, 0.4) is 0 Å². The molecule has 0 saturated carbocycles. The summed E-state index contributed by atoms with van der Waals surface area (Å²) < 4.78 is 6.71. The maximum Gasteiger partial charge on any atom is 0.143 e. The van der Waals surface area contributed by atoms with Gasteiger partial charge in [0.25, 0.3) is 0 Å². The first-order valence-corrected chi connectivity index (χ1v) is 17.6. The van der Waals surface area contributed by atoms with E-state index in [0.717, 1.165) is 22.1 Å². The van der Waals surface area contributed by atoms with Crippen molar-refractivity contribution in [1.82, 2.24) is 0 Å². The number of furan rings is 1. The smallest absolute Gasteiger partial charge is 0.143 e. The van der Waals surface area contributed by atoms with Gasteiger partial charge in [0.15, 0.2) is 0 Å². The average Bonchev–Trinajstić information content (AvgIpc) is 3.59. The summed E-state index contributed by atoms with van der Waals surface area (Å²) in [6, 6.07) is 66.2. The summed E-state index contributed by atoms with van der Waals surface area (Å²) in [6.45, 7) is 0. The van der Waals surface area contributed by atoms with Crippen molar-refractivity contribution in [2.45, 2.75) is 0 Å². The molecule has 51 heavy (non-hydrogen) atoms. The van der Waals surface area contributed by atoms with Gasteiger partial charge in [-0.15, -0.1) is 0 Å². The minimum absolute atomic E-state index is 0.918. The molecule has 236 valence electrons. The van der Waals surface area contributed by atoms with Gasteiger partial charge in [0.05, 0.1) is 0 Å². The first-order valence-electron chi connectivity index (χ1n) is 17.6. The topological polar surface area (TPSA) is 13.1 Å². The van der Waals surface area contributed by atoms with Gasteiger partial charge in [0.2, 0.25) is 0 Å². The summed E-state index contributed by atoms with van der Waals surface area (Å²) in [6.07, 6.45) is 0. The van der Waals surface area contributed by atoms with Gasteiger partial charge in [0.1, 0.15) is 11.2 Å². The number of rotatable bonds is 3. The van der Waals surface area contributed by atoms with Crippen LogP contribution in [-0.2, 0) is 0 Å². The van der Waals surface area contributed by atoms with E-state index in [2.05, 4.69) is 182 Å². The van der Waals surface area contributed by atoms with Gasteiger partial charge in [-0.3, -0.25) is 0 Å². The number of hydrogen-bond acceptors (Lipinski definition) is 1. The van der Waals surface area contributed by atoms with Crippen molar-refractivity contribution in [3.8, 4) is 33.4 Å². The van der Waals surface area contributed by atoms with Crippen molar-refractivity contribution in [2.75, 3.05) is 0 Å². The molecule has 0 atom stereocenters. The molecule has 1 nitrogen and oxygen atoms in total. The van der Waals surface area contributed by atoms with E-state index in [4.69, 9.17) is 4.42 Å². The van der Waals surface area contributed by atoms with Gasteiger partial charge in [0, 0.05) is 16.3 Å². The molecule has 10 aromatic carbocycles. The van der Waals surface area contributed by atoms with Gasteiger partial charge in [-0.25, -0.2) is 0 Å². The minimum atomic E-state index is 0.918. The van der Waals surface area contributed by atoms with E-state index in [9.17, 15) is 0 Å². The first kappa shape index (κ1) is 28.2. The van der Waals surface area contributed by atoms with Crippen LogP contribution >= 0.6 is 0 Å². The van der Waals surface area contributed by atoms with Crippen LogP contribution < -0.4 is 0 Å². The number of para-hydroxylation sites is 1. The van der Waals surface area contributed by atoms with Crippen LogP contribution in [0.5, 0.6) is 0 Å². The normalized spacial score (nSPS) is 11.9. The molecule has 0 radical (unpaired) electrons. The lowest BCUT2D eigenvalue weighted by Gasteiger charge is -2.20. The molecule has 0 aliphatic carbocycles. The fourth-order valence-corrected chi connectivity index (χ4v) is 8.68. The maximum absolute atomic E-state index is 6.71. The van der Waals surface area contributed by atoms with Gasteiger partial charge >= 0.3 is 0 Å². The van der Waals surface area contributed by atoms with Crippen molar-refractivity contribution in [3.05, 3.63) is 182 Å². The zero-order valence-corrected chi connectivity index (χ0v) is 27.7. The molecule has 0 unspecified atom stereocenters. The third-order valence-electron chi connectivity index (χ3n) is 10.9. The quantitative estimate of drug-likeness (QED) is 0.174. The monoisotopic (exact) mass is 646 g/mol. The molecular formula is C50H30O. The Hall–Kier alpha value is -6.70. The van der Waals surface area contributed by atoms with E-state index in [0.29, 0.717) is 0 Å². The Balaban J connectivity index is 1.20. The second-order valence-electron chi connectivity index (χ2n) is 13.5.